The summed E-state index contributed by atoms with van der Waals surface area (Å²) in [7, 11) is 0. The highest BCUT2D eigenvalue weighted by Crippen LogP contribution is 2.23. The van der Waals surface area contributed by atoms with Crippen molar-refractivity contribution in [2.45, 2.75) is 25.5 Å². The second-order valence-electron chi connectivity index (χ2n) is 6.45. The van der Waals surface area contributed by atoms with Crippen LogP contribution in [0.15, 0.2) is 54.7 Å². The average molecular weight is 353 g/mol. The molecule has 1 aliphatic rings. The number of ether oxygens (including phenoxy) is 1. The molecule has 0 bridgehead atoms. The molecule has 6 heteroatoms. The number of benzene rings is 1. The summed E-state index contributed by atoms with van der Waals surface area (Å²) in [6.07, 6.45) is 2.01. The molecule has 0 unspecified atom stereocenters. The number of hydrogen-bond donors (Lipinski definition) is 1. The highest BCUT2D eigenvalue weighted by Gasteiger charge is 2.44. The zero-order valence-corrected chi connectivity index (χ0v) is 14.9. The molecule has 1 aliphatic heterocycles. The fourth-order valence-corrected chi connectivity index (χ4v) is 3.11. The minimum Gasteiger partial charge on any atom is -0.361 e. The third kappa shape index (κ3) is 4.26. The van der Waals surface area contributed by atoms with E-state index >= 15 is 0 Å². The van der Waals surface area contributed by atoms with Crippen LogP contribution in [0.4, 0.5) is 0 Å². The van der Waals surface area contributed by atoms with Gasteiger partial charge in [0.2, 0.25) is 5.91 Å². The van der Waals surface area contributed by atoms with Gasteiger partial charge in [-0.25, -0.2) is 0 Å². The summed E-state index contributed by atoms with van der Waals surface area (Å²) < 4.78 is 5.95. The van der Waals surface area contributed by atoms with Crippen LogP contribution in [0, 0.1) is 0 Å². The van der Waals surface area contributed by atoms with Crippen molar-refractivity contribution >= 4 is 11.8 Å². The van der Waals surface area contributed by atoms with Crippen molar-refractivity contribution in [1.82, 2.24) is 15.2 Å². The van der Waals surface area contributed by atoms with Crippen LogP contribution in [0.25, 0.3) is 0 Å². The van der Waals surface area contributed by atoms with Crippen LogP contribution in [0.1, 0.15) is 18.2 Å². The van der Waals surface area contributed by atoms with Gasteiger partial charge in [0.15, 0.2) is 5.60 Å². The molecule has 1 fully saturated rings. The molecule has 0 spiro atoms. The van der Waals surface area contributed by atoms with Crippen LogP contribution in [0.3, 0.4) is 0 Å². The van der Waals surface area contributed by atoms with E-state index in [2.05, 4.69) is 10.3 Å². The van der Waals surface area contributed by atoms with Crippen LogP contribution < -0.4 is 5.32 Å². The van der Waals surface area contributed by atoms with E-state index in [1.165, 1.54) is 6.92 Å². The summed E-state index contributed by atoms with van der Waals surface area (Å²) in [5.74, 6) is -0.285. The van der Waals surface area contributed by atoms with Gasteiger partial charge in [-0.05, 0) is 17.7 Å². The van der Waals surface area contributed by atoms with Crippen molar-refractivity contribution in [3.8, 4) is 0 Å². The molecule has 1 aromatic heterocycles. The Bertz CT molecular complexity index is 751. The minimum absolute atomic E-state index is 0.0606. The molecule has 0 saturated carbocycles. The maximum Gasteiger partial charge on any atom is 0.254 e. The minimum atomic E-state index is -1.13. The molecule has 1 saturated heterocycles. The van der Waals surface area contributed by atoms with E-state index in [4.69, 9.17) is 4.74 Å². The zero-order chi connectivity index (χ0) is 18.4. The summed E-state index contributed by atoms with van der Waals surface area (Å²) in [6, 6.07) is 15.3. The fraction of sp³-hybridized carbons (Fsp3) is 0.350. The first-order valence-corrected chi connectivity index (χ1v) is 8.71. The van der Waals surface area contributed by atoms with Crippen LogP contribution in [0.5, 0.6) is 0 Å². The van der Waals surface area contributed by atoms with Crippen molar-refractivity contribution < 1.29 is 14.3 Å². The third-order valence-electron chi connectivity index (χ3n) is 4.53. The van der Waals surface area contributed by atoms with E-state index in [0.717, 1.165) is 11.3 Å². The van der Waals surface area contributed by atoms with Crippen LogP contribution >= 0.6 is 0 Å². The number of hydrogen-bond acceptors (Lipinski definition) is 4. The van der Waals surface area contributed by atoms with E-state index < -0.39 is 5.60 Å². The maximum absolute atomic E-state index is 13.1. The summed E-state index contributed by atoms with van der Waals surface area (Å²) in [6.45, 7) is 2.96. The molecule has 1 N–H and O–H groups in total. The molecule has 2 heterocycles. The Morgan fingerprint density at radius 1 is 1.19 bits per heavy atom. The molecule has 26 heavy (non-hydrogen) atoms. The summed E-state index contributed by atoms with van der Waals surface area (Å²) in [4.78, 5) is 30.9. The molecule has 2 amide bonds. The lowest BCUT2D eigenvalue weighted by molar-refractivity contribution is -0.165. The number of carbonyl (C=O) groups excluding carboxylic acids is 2. The number of morpholine rings is 1. The van der Waals surface area contributed by atoms with E-state index in [1.54, 1.807) is 11.1 Å². The first-order valence-electron chi connectivity index (χ1n) is 8.71. The number of nitrogens with one attached hydrogen (secondary N) is 1. The Hall–Kier alpha value is -2.73. The Labute approximate surface area is 153 Å². The number of aromatic nitrogens is 1. The molecule has 136 valence electrons. The van der Waals surface area contributed by atoms with Crippen LogP contribution in [-0.2, 0) is 27.3 Å². The molecule has 1 atom stereocenters. The summed E-state index contributed by atoms with van der Waals surface area (Å²) >= 11 is 0. The number of rotatable bonds is 5. The molecule has 2 aromatic rings. The lowest BCUT2D eigenvalue weighted by Crippen LogP contribution is -2.61. The van der Waals surface area contributed by atoms with Gasteiger partial charge in [0.25, 0.3) is 5.91 Å². The molecular formula is C20H23N3O3. The van der Waals surface area contributed by atoms with E-state index in [1.807, 2.05) is 48.5 Å². The van der Waals surface area contributed by atoms with Gasteiger partial charge in [0.05, 0.1) is 13.2 Å². The summed E-state index contributed by atoms with van der Waals surface area (Å²) in [5.41, 5.74) is 0.633. The van der Waals surface area contributed by atoms with Crippen molar-refractivity contribution in [1.29, 1.82) is 0 Å². The maximum atomic E-state index is 13.1. The number of carbonyl (C=O) groups is 2. The highest BCUT2D eigenvalue weighted by atomic mass is 16.5. The van der Waals surface area contributed by atoms with Gasteiger partial charge in [0.1, 0.15) is 0 Å². The SMILES string of the molecule is CC(=O)N1CCO[C@](Cc2ccccn2)(C(=O)NCc2ccccc2)C1. The van der Waals surface area contributed by atoms with E-state index in [-0.39, 0.29) is 18.4 Å². The average Bonchev–Trinajstić information content (AvgIpc) is 2.68. The van der Waals surface area contributed by atoms with Gasteiger partial charge in [-0.2, -0.15) is 0 Å². The van der Waals surface area contributed by atoms with Crippen molar-refractivity contribution in [2.75, 3.05) is 19.7 Å². The topological polar surface area (TPSA) is 71.5 Å². The number of amides is 2. The third-order valence-corrected chi connectivity index (χ3v) is 4.53. The molecular weight excluding hydrogens is 330 g/mol. The lowest BCUT2D eigenvalue weighted by atomic mass is 9.93. The van der Waals surface area contributed by atoms with Crippen LogP contribution in [0.2, 0.25) is 0 Å². The number of nitrogens with zero attached hydrogens (tertiary/aromatic N) is 2. The van der Waals surface area contributed by atoms with Crippen molar-refractivity contribution in [3.63, 3.8) is 0 Å². The highest BCUT2D eigenvalue weighted by molar-refractivity contribution is 5.87. The predicted octanol–water partition coefficient (Wildman–Crippen LogP) is 1.56. The summed E-state index contributed by atoms with van der Waals surface area (Å²) in [5, 5.41) is 2.96. The normalized spacial score (nSPS) is 19.8. The molecule has 3 rings (SSSR count). The fourth-order valence-electron chi connectivity index (χ4n) is 3.11. The smallest absolute Gasteiger partial charge is 0.254 e. The Balaban J connectivity index is 1.79. The van der Waals surface area contributed by atoms with Gasteiger partial charge in [-0.1, -0.05) is 36.4 Å². The monoisotopic (exact) mass is 353 g/mol. The second-order valence-corrected chi connectivity index (χ2v) is 6.45. The second kappa shape index (κ2) is 8.10. The molecule has 6 nitrogen and oxygen atoms in total. The Morgan fingerprint density at radius 3 is 2.65 bits per heavy atom. The van der Waals surface area contributed by atoms with Gasteiger partial charge in [0, 0.05) is 38.3 Å². The largest absolute Gasteiger partial charge is 0.361 e. The van der Waals surface area contributed by atoms with E-state index in [9.17, 15) is 9.59 Å². The Morgan fingerprint density at radius 2 is 1.96 bits per heavy atom. The Kier molecular flexibility index (Phi) is 5.63. The van der Waals surface area contributed by atoms with Gasteiger partial charge >= 0.3 is 0 Å². The van der Waals surface area contributed by atoms with Crippen molar-refractivity contribution in [2.24, 2.45) is 0 Å². The quantitative estimate of drug-likeness (QED) is 0.885. The predicted molar refractivity (Wildman–Crippen MR) is 97.2 cm³/mol. The van der Waals surface area contributed by atoms with Gasteiger partial charge < -0.3 is 15.0 Å². The van der Waals surface area contributed by atoms with Gasteiger partial charge in [-0.15, -0.1) is 0 Å². The molecule has 0 aliphatic carbocycles. The standard InChI is InChI=1S/C20H23N3O3/c1-16(24)23-11-12-26-20(15-23,13-18-9-5-6-10-21-18)19(25)22-14-17-7-3-2-4-8-17/h2-10H,11-15H2,1H3,(H,22,25)/t20-/m0/s1. The lowest BCUT2D eigenvalue weighted by Gasteiger charge is -2.41. The van der Waals surface area contributed by atoms with Crippen molar-refractivity contribution in [3.05, 3.63) is 66.0 Å². The number of pyridine rings is 1. The van der Waals surface area contributed by atoms with Gasteiger partial charge in [-0.3, -0.25) is 14.6 Å². The van der Waals surface area contributed by atoms with E-state index in [0.29, 0.717) is 26.1 Å². The first-order chi connectivity index (χ1) is 12.6. The molecule has 1 aromatic carbocycles. The zero-order valence-electron chi connectivity index (χ0n) is 14.9. The molecule has 0 radical (unpaired) electrons. The van der Waals surface area contributed by atoms with Crippen LogP contribution in [-0.4, -0.2) is 47.0 Å². The first kappa shape index (κ1) is 18.1.